The molecule has 6 heteroatoms. The quantitative estimate of drug-likeness (QED) is 0.438. The van der Waals surface area contributed by atoms with Crippen molar-refractivity contribution in [2.45, 2.75) is 30.5 Å². The van der Waals surface area contributed by atoms with Crippen molar-refractivity contribution in [1.29, 1.82) is 0 Å². The molecule has 0 aliphatic heterocycles. The molecule has 1 heterocycles. The van der Waals surface area contributed by atoms with Gasteiger partial charge in [0, 0.05) is 12.5 Å². The molecule has 0 bridgehead atoms. The highest BCUT2D eigenvalue weighted by molar-refractivity contribution is 7.99. The fourth-order valence-electron chi connectivity index (χ4n) is 1.53. The van der Waals surface area contributed by atoms with Crippen LogP contribution in [0.1, 0.15) is 24.6 Å². The minimum atomic E-state index is -0.254. The summed E-state index contributed by atoms with van der Waals surface area (Å²) < 4.78 is 6.63. The third-order valence-corrected chi connectivity index (χ3v) is 3.49. The van der Waals surface area contributed by atoms with Crippen molar-refractivity contribution >= 4 is 17.7 Å². The lowest BCUT2D eigenvalue weighted by Gasteiger charge is -2.06. The van der Waals surface area contributed by atoms with Crippen LogP contribution in [0.5, 0.6) is 0 Å². The van der Waals surface area contributed by atoms with E-state index in [2.05, 4.69) is 21.5 Å². The minimum Gasteiger partial charge on any atom is -0.468 e. The molecule has 0 atom stereocenters. The largest absolute Gasteiger partial charge is 0.468 e. The summed E-state index contributed by atoms with van der Waals surface area (Å²) in [5.41, 5.74) is 0. The molecule has 0 saturated heterocycles. The molecule has 1 saturated carbocycles. The third kappa shape index (κ3) is 2.88. The topological polar surface area (TPSA) is 57.0 Å². The molecule has 1 aromatic heterocycles. The van der Waals surface area contributed by atoms with Crippen LogP contribution in [-0.2, 0) is 16.1 Å². The zero-order chi connectivity index (χ0) is 12.3. The lowest BCUT2D eigenvalue weighted by atomic mass is 10.4. The Morgan fingerprint density at radius 2 is 2.41 bits per heavy atom. The number of carbonyl (C=O) groups excluding carboxylic acids is 1. The average Bonchev–Trinajstić information content (AvgIpc) is 3.10. The molecule has 1 fully saturated rings. The second kappa shape index (κ2) is 5.35. The molecule has 1 aliphatic rings. The van der Waals surface area contributed by atoms with E-state index in [-0.39, 0.29) is 11.7 Å². The van der Waals surface area contributed by atoms with Crippen LogP contribution < -0.4 is 0 Å². The normalized spacial score (nSPS) is 14.6. The summed E-state index contributed by atoms with van der Waals surface area (Å²) in [6.45, 7) is 4.41. The van der Waals surface area contributed by atoms with E-state index >= 15 is 0 Å². The second-order valence-electron chi connectivity index (χ2n) is 3.88. The number of hydrogen-bond donors (Lipinski definition) is 0. The van der Waals surface area contributed by atoms with Gasteiger partial charge in [-0.3, -0.25) is 4.79 Å². The van der Waals surface area contributed by atoms with Gasteiger partial charge in [0.15, 0.2) is 5.16 Å². The van der Waals surface area contributed by atoms with Crippen LogP contribution in [0, 0.1) is 0 Å². The summed E-state index contributed by atoms with van der Waals surface area (Å²) in [6.07, 6.45) is 4.17. The number of thioether (sulfide) groups is 1. The number of nitrogens with zero attached hydrogens (tertiary/aromatic N) is 3. The first-order valence-electron chi connectivity index (χ1n) is 5.50. The van der Waals surface area contributed by atoms with Gasteiger partial charge in [-0.2, -0.15) is 0 Å². The van der Waals surface area contributed by atoms with Gasteiger partial charge in [-0.05, 0) is 12.8 Å². The van der Waals surface area contributed by atoms with E-state index in [0.29, 0.717) is 12.5 Å². The van der Waals surface area contributed by atoms with E-state index in [1.54, 1.807) is 0 Å². The van der Waals surface area contributed by atoms with E-state index < -0.39 is 0 Å². The van der Waals surface area contributed by atoms with Gasteiger partial charge in [-0.1, -0.05) is 17.8 Å². The molecular weight excluding hydrogens is 238 g/mol. The molecule has 1 aliphatic carbocycles. The van der Waals surface area contributed by atoms with E-state index in [0.717, 1.165) is 11.0 Å². The van der Waals surface area contributed by atoms with Gasteiger partial charge in [0.05, 0.1) is 12.9 Å². The van der Waals surface area contributed by atoms with E-state index in [1.807, 2.05) is 10.6 Å². The standard InChI is InChI=1S/C11H15N3O2S/c1-3-6-14-10(8-4-5-8)12-13-11(14)17-7-9(15)16-2/h3,8H,1,4-7H2,2H3. The third-order valence-electron chi connectivity index (χ3n) is 2.55. The fraction of sp³-hybridized carbons (Fsp3) is 0.545. The molecule has 0 aromatic carbocycles. The first kappa shape index (κ1) is 12.2. The van der Waals surface area contributed by atoms with Crippen molar-refractivity contribution in [3.8, 4) is 0 Å². The molecular formula is C11H15N3O2S. The smallest absolute Gasteiger partial charge is 0.316 e. The predicted molar refractivity (Wildman–Crippen MR) is 64.9 cm³/mol. The Kier molecular flexibility index (Phi) is 3.83. The van der Waals surface area contributed by atoms with Crippen molar-refractivity contribution in [2.75, 3.05) is 12.9 Å². The minimum absolute atomic E-state index is 0.254. The maximum absolute atomic E-state index is 11.1. The van der Waals surface area contributed by atoms with Gasteiger partial charge in [-0.15, -0.1) is 16.8 Å². The number of aromatic nitrogens is 3. The summed E-state index contributed by atoms with van der Waals surface area (Å²) in [7, 11) is 1.38. The Labute approximate surface area is 104 Å². The van der Waals surface area contributed by atoms with E-state index in [4.69, 9.17) is 0 Å². The van der Waals surface area contributed by atoms with Gasteiger partial charge in [0.1, 0.15) is 5.82 Å². The molecule has 5 nitrogen and oxygen atoms in total. The van der Waals surface area contributed by atoms with Gasteiger partial charge in [0.25, 0.3) is 0 Å². The Hall–Kier alpha value is -1.30. The molecule has 92 valence electrons. The lowest BCUT2D eigenvalue weighted by molar-refractivity contribution is -0.137. The van der Waals surface area contributed by atoms with E-state index in [1.165, 1.54) is 31.7 Å². The van der Waals surface area contributed by atoms with Crippen LogP contribution in [0.2, 0.25) is 0 Å². The molecule has 0 amide bonds. The molecule has 0 radical (unpaired) electrons. The highest BCUT2D eigenvalue weighted by Gasteiger charge is 2.30. The van der Waals surface area contributed by atoms with Crippen LogP contribution in [0.4, 0.5) is 0 Å². The number of allylic oxidation sites excluding steroid dienone is 1. The molecule has 0 spiro atoms. The van der Waals surface area contributed by atoms with Crippen LogP contribution in [0.25, 0.3) is 0 Å². The van der Waals surface area contributed by atoms with Gasteiger partial charge in [0.2, 0.25) is 0 Å². The van der Waals surface area contributed by atoms with Crippen molar-refractivity contribution in [3.63, 3.8) is 0 Å². The lowest BCUT2D eigenvalue weighted by Crippen LogP contribution is -2.06. The van der Waals surface area contributed by atoms with Crippen molar-refractivity contribution in [1.82, 2.24) is 14.8 Å². The second-order valence-corrected chi connectivity index (χ2v) is 4.82. The Morgan fingerprint density at radius 3 is 3.00 bits per heavy atom. The maximum Gasteiger partial charge on any atom is 0.316 e. The molecule has 0 unspecified atom stereocenters. The maximum atomic E-state index is 11.1. The summed E-state index contributed by atoms with van der Waals surface area (Å²) in [5, 5.41) is 9.08. The molecule has 1 aromatic rings. The van der Waals surface area contributed by atoms with Crippen LogP contribution in [0.3, 0.4) is 0 Å². The number of carbonyl (C=O) groups is 1. The van der Waals surface area contributed by atoms with Crippen molar-refractivity contribution in [3.05, 3.63) is 18.5 Å². The highest BCUT2D eigenvalue weighted by Crippen LogP contribution is 2.39. The number of ether oxygens (including phenoxy) is 1. The number of hydrogen-bond acceptors (Lipinski definition) is 5. The highest BCUT2D eigenvalue weighted by atomic mass is 32.2. The Balaban J connectivity index is 2.09. The summed E-state index contributed by atoms with van der Waals surface area (Å²) >= 11 is 1.35. The van der Waals surface area contributed by atoms with Crippen LogP contribution in [-0.4, -0.2) is 33.6 Å². The summed E-state index contributed by atoms with van der Waals surface area (Å²) in [6, 6.07) is 0. The zero-order valence-corrected chi connectivity index (χ0v) is 10.6. The van der Waals surface area contributed by atoms with Crippen molar-refractivity contribution < 1.29 is 9.53 Å². The SMILES string of the molecule is C=CCn1c(SCC(=O)OC)nnc1C1CC1. The van der Waals surface area contributed by atoms with Gasteiger partial charge >= 0.3 is 5.97 Å². The zero-order valence-electron chi connectivity index (χ0n) is 9.76. The fourth-order valence-corrected chi connectivity index (χ4v) is 2.32. The van der Waals surface area contributed by atoms with Crippen molar-refractivity contribution in [2.24, 2.45) is 0 Å². The van der Waals surface area contributed by atoms with Crippen LogP contribution in [0.15, 0.2) is 17.8 Å². The van der Waals surface area contributed by atoms with Crippen LogP contribution >= 0.6 is 11.8 Å². The molecule has 0 N–H and O–H groups in total. The summed E-state index contributed by atoms with van der Waals surface area (Å²) in [5.74, 6) is 1.56. The average molecular weight is 253 g/mol. The van der Waals surface area contributed by atoms with Gasteiger partial charge in [-0.25, -0.2) is 0 Å². The first-order valence-corrected chi connectivity index (χ1v) is 6.48. The monoisotopic (exact) mass is 253 g/mol. The first-order chi connectivity index (χ1) is 8.26. The van der Waals surface area contributed by atoms with Gasteiger partial charge < -0.3 is 9.30 Å². The summed E-state index contributed by atoms with van der Waals surface area (Å²) in [4.78, 5) is 11.1. The number of methoxy groups -OCH3 is 1. The molecule has 2 rings (SSSR count). The molecule has 17 heavy (non-hydrogen) atoms. The Morgan fingerprint density at radius 1 is 1.65 bits per heavy atom. The van der Waals surface area contributed by atoms with E-state index in [9.17, 15) is 4.79 Å². The predicted octanol–water partition coefficient (Wildman–Crippen LogP) is 1.61. The Bertz CT molecular complexity index is 426. The number of rotatable bonds is 6. The number of esters is 1.